The molecule has 41 heavy (non-hydrogen) atoms. The molecule has 192 valence electrons. The molecule has 0 saturated heterocycles. The number of rotatable bonds is 2. The lowest BCUT2D eigenvalue weighted by atomic mass is 10.0. The molecule has 0 atom stereocenters. The first-order valence-corrected chi connectivity index (χ1v) is 13.6. The number of hydrogen-bond acceptors (Lipinski definition) is 3. The molecule has 0 amide bonds. The lowest BCUT2D eigenvalue weighted by Crippen LogP contribution is -2.03. The van der Waals surface area contributed by atoms with E-state index in [1.54, 1.807) is 0 Å². The lowest BCUT2D eigenvalue weighted by molar-refractivity contribution is 0.660. The third-order valence-corrected chi connectivity index (χ3v) is 8.20. The van der Waals surface area contributed by atoms with E-state index in [1.165, 1.54) is 0 Å². The SMILES string of the molecule is O=c1c2ccc(-c3ccccc3)cc2oc2cc(-n3c4ccccc4c4ccc5oc6ccccc6c5c43)ccc12. The molecule has 3 aromatic heterocycles. The summed E-state index contributed by atoms with van der Waals surface area (Å²) in [6.45, 7) is 0. The van der Waals surface area contributed by atoms with E-state index in [4.69, 9.17) is 8.83 Å². The lowest BCUT2D eigenvalue weighted by Gasteiger charge is -2.10. The smallest absolute Gasteiger partial charge is 0.200 e. The molecule has 9 aromatic rings. The van der Waals surface area contributed by atoms with Crippen molar-refractivity contribution in [3.63, 3.8) is 0 Å². The molecule has 0 bridgehead atoms. The Morgan fingerprint density at radius 2 is 1.15 bits per heavy atom. The Balaban J connectivity index is 1.37. The van der Waals surface area contributed by atoms with Crippen molar-refractivity contribution < 1.29 is 8.83 Å². The van der Waals surface area contributed by atoms with Crippen LogP contribution in [0.5, 0.6) is 0 Å². The van der Waals surface area contributed by atoms with Crippen LogP contribution in [-0.2, 0) is 0 Å². The van der Waals surface area contributed by atoms with Gasteiger partial charge in [-0.15, -0.1) is 0 Å². The Morgan fingerprint density at radius 3 is 2.02 bits per heavy atom. The Labute approximate surface area is 233 Å². The summed E-state index contributed by atoms with van der Waals surface area (Å²) in [6.07, 6.45) is 0. The molecule has 4 nitrogen and oxygen atoms in total. The first-order valence-electron chi connectivity index (χ1n) is 13.6. The van der Waals surface area contributed by atoms with Gasteiger partial charge in [0.2, 0.25) is 5.43 Å². The fourth-order valence-electron chi connectivity index (χ4n) is 6.32. The van der Waals surface area contributed by atoms with Crippen LogP contribution in [0.25, 0.3) is 82.5 Å². The molecule has 0 aliphatic heterocycles. The van der Waals surface area contributed by atoms with Crippen molar-refractivity contribution in [1.82, 2.24) is 4.57 Å². The monoisotopic (exact) mass is 527 g/mol. The molecule has 4 heteroatoms. The summed E-state index contributed by atoms with van der Waals surface area (Å²) in [4.78, 5) is 13.6. The number of furan rings is 1. The summed E-state index contributed by atoms with van der Waals surface area (Å²) >= 11 is 0. The van der Waals surface area contributed by atoms with E-state index < -0.39 is 0 Å². The fraction of sp³-hybridized carbons (Fsp3) is 0. The summed E-state index contributed by atoms with van der Waals surface area (Å²) < 4.78 is 15.0. The minimum atomic E-state index is -0.0298. The highest BCUT2D eigenvalue weighted by Crippen LogP contribution is 2.41. The molecule has 0 unspecified atom stereocenters. The number of hydrogen-bond donors (Lipinski definition) is 0. The molecule has 0 spiro atoms. The summed E-state index contributed by atoms with van der Waals surface area (Å²) in [5.41, 5.74) is 7.96. The van der Waals surface area contributed by atoms with Gasteiger partial charge < -0.3 is 13.4 Å². The number of aromatic nitrogens is 1. The normalized spacial score (nSPS) is 12.0. The summed E-state index contributed by atoms with van der Waals surface area (Å²) in [5.74, 6) is 0. The zero-order chi connectivity index (χ0) is 27.1. The summed E-state index contributed by atoms with van der Waals surface area (Å²) in [7, 11) is 0. The minimum Gasteiger partial charge on any atom is -0.456 e. The largest absolute Gasteiger partial charge is 0.456 e. The average molecular weight is 528 g/mol. The van der Waals surface area contributed by atoms with Crippen molar-refractivity contribution in [2.24, 2.45) is 0 Å². The van der Waals surface area contributed by atoms with Crippen LogP contribution in [-0.4, -0.2) is 4.57 Å². The van der Waals surface area contributed by atoms with Gasteiger partial charge in [0, 0.05) is 27.9 Å². The van der Waals surface area contributed by atoms with Crippen LogP contribution in [0.4, 0.5) is 0 Å². The Hall–Kier alpha value is -5.61. The van der Waals surface area contributed by atoms with Crippen LogP contribution in [0.3, 0.4) is 0 Å². The number of benzene rings is 6. The van der Waals surface area contributed by atoms with Crippen molar-refractivity contribution in [1.29, 1.82) is 0 Å². The predicted octanol–water partition coefficient (Wildman–Crippen LogP) is 9.61. The second kappa shape index (κ2) is 8.20. The highest BCUT2D eigenvalue weighted by molar-refractivity contribution is 6.24. The summed E-state index contributed by atoms with van der Waals surface area (Å²) in [6, 6.07) is 42.6. The van der Waals surface area contributed by atoms with E-state index >= 15 is 0 Å². The first-order chi connectivity index (χ1) is 20.2. The van der Waals surface area contributed by atoms with Crippen molar-refractivity contribution in [3.05, 3.63) is 138 Å². The van der Waals surface area contributed by atoms with Gasteiger partial charge in [0.1, 0.15) is 22.3 Å². The third kappa shape index (κ3) is 3.13. The Kier molecular flexibility index (Phi) is 4.44. The van der Waals surface area contributed by atoms with E-state index in [2.05, 4.69) is 59.2 Å². The predicted molar refractivity (Wildman–Crippen MR) is 167 cm³/mol. The van der Waals surface area contributed by atoms with Crippen LogP contribution < -0.4 is 5.43 Å². The van der Waals surface area contributed by atoms with Gasteiger partial charge in [-0.3, -0.25) is 4.79 Å². The maximum absolute atomic E-state index is 13.6. The maximum Gasteiger partial charge on any atom is 0.200 e. The average Bonchev–Trinajstić information content (AvgIpc) is 3.57. The van der Waals surface area contributed by atoms with Gasteiger partial charge in [0.05, 0.1) is 27.2 Å². The molecular weight excluding hydrogens is 506 g/mol. The molecule has 0 radical (unpaired) electrons. The van der Waals surface area contributed by atoms with E-state index in [0.29, 0.717) is 21.9 Å². The highest BCUT2D eigenvalue weighted by atomic mass is 16.3. The van der Waals surface area contributed by atoms with Gasteiger partial charge in [-0.25, -0.2) is 0 Å². The van der Waals surface area contributed by atoms with E-state index in [0.717, 1.165) is 60.6 Å². The molecular formula is C37H21NO3. The topological polar surface area (TPSA) is 48.3 Å². The van der Waals surface area contributed by atoms with Gasteiger partial charge in [0.15, 0.2) is 0 Å². The van der Waals surface area contributed by atoms with Crippen LogP contribution in [0, 0.1) is 0 Å². The van der Waals surface area contributed by atoms with Crippen molar-refractivity contribution >= 4 is 65.7 Å². The van der Waals surface area contributed by atoms with Crippen LogP contribution in [0.1, 0.15) is 0 Å². The number of para-hydroxylation sites is 2. The van der Waals surface area contributed by atoms with Gasteiger partial charge in [0.25, 0.3) is 0 Å². The highest BCUT2D eigenvalue weighted by Gasteiger charge is 2.19. The molecule has 0 aliphatic rings. The van der Waals surface area contributed by atoms with E-state index in [1.807, 2.05) is 72.8 Å². The van der Waals surface area contributed by atoms with E-state index in [9.17, 15) is 4.79 Å². The minimum absolute atomic E-state index is 0.0298. The van der Waals surface area contributed by atoms with Gasteiger partial charge in [-0.05, 0) is 59.7 Å². The molecule has 0 N–H and O–H groups in total. The molecule has 6 aromatic carbocycles. The van der Waals surface area contributed by atoms with Crippen LogP contribution in [0.2, 0.25) is 0 Å². The zero-order valence-electron chi connectivity index (χ0n) is 21.8. The van der Waals surface area contributed by atoms with Crippen molar-refractivity contribution in [2.45, 2.75) is 0 Å². The first kappa shape index (κ1) is 22.2. The molecule has 0 aliphatic carbocycles. The maximum atomic E-state index is 13.6. The quantitative estimate of drug-likeness (QED) is 0.210. The standard InChI is InChI=1S/C37H21NO3/c39-37-28-16-14-23(22-8-2-1-3-9-22)20-33(28)41-34-21-24(15-17-29(34)37)38-30-12-6-4-10-25(30)26-18-19-32-35(36(26)38)27-11-5-7-13-31(27)40-32/h1-21H. The van der Waals surface area contributed by atoms with Gasteiger partial charge >= 0.3 is 0 Å². The Bertz CT molecular complexity index is 2550. The molecule has 9 rings (SSSR count). The molecule has 0 fully saturated rings. The Morgan fingerprint density at radius 1 is 0.463 bits per heavy atom. The third-order valence-electron chi connectivity index (χ3n) is 8.20. The second-order valence-corrected chi connectivity index (χ2v) is 10.5. The van der Waals surface area contributed by atoms with Gasteiger partial charge in [-0.2, -0.15) is 0 Å². The zero-order valence-corrected chi connectivity index (χ0v) is 21.8. The molecule has 3 heterocycles. The fourth-order valence-corrected chi connectivity index (χ4v) is 6.32. The van der Waals surface area contributed by atoms with E-state index in [-0.39, 0.29) is 5.43 Å². The van der Waals surface area contributed by atoms with Crippen molar-refractivity contribution in [2.75, 3.05) is 0 Å². The van der Waals surface area contributed by atoms with Crippen molar-refractivity contribution in [3.8, 4) is 16.8 Å². The van der Waals surface area contributed by atoms with Crippen LogP contribution in [0.15, 0.2) is 141 Å². The van der Waals surface area contributed by atoms with Crippen LogP contribution >= 0.6 is 0 Å². The molecule has 0 saturated carbocycles. The summed E-state index contributed by atoms with van der Waals surface area (Å²) in [5, 5.41) is 5.59. The number of nitrogens with zero attached hydrogens (tertiary/aromatic N) is 1. The van der Waals surface area contributed by atoms with Gasteiger partial charge in [-0.1, -0.05) is 72.8 Å². The second-order valence-electron chi connectivity index (χ2n) is 10.5. The number of fused-ring (bicyclic) bond motifs is 9.